The van der Waals surface area contributed by atoms with Crippen molar-refractivity contribution in [2.24, 2.45) is 0 Å². The van der Waals surface area contributed by atoms with Crippen molar-refractivity contribution >= 4 is 6.03 Å². The first-order valence-corrected chi connectivity index (χ1v) is 6.69. The van der Waals surface area contributed by atoms with Gasteiger partial charge in [-0.25, -0.2) is 4.79 Å². The molecule has 0 aromatic carbocycles. The smallest absolute Gasteiger partial charge is 0.380 e. The fourth-order valence-corrected chi connectivity index (χ4v) is 2.53. The largest absolute Gasteiger partial charge is 0.417 e. The summed E-state index contributed by atoms with van der Waals surface area (Å²) in [6, 6.07) is -0.498. The number of amides is 2. The predicted molar refractivity (Wildman–Crippen MR) is 64.2 cm³/mol. The molecule has 2 fully saturated rings. The maximum atomic E-state index is 12.6. The lowest BCUT2D eigenvalue weighted by Crippen LogP contribution is -2.57. The molecule has 8 heteroatoms. The number of urea groups is 1. The van der Waals surface area contributed by atoms with E-state index in [-0.39, 0.29) is 25.2 Å². The summed E-state index contributed by atoms with van der Waals surface area (Å²) in [4.78, 5) is 13.3. The monoisotopic (exact) mass is 296 g/mol. The molecule has 0 saturated carbocycles. The second kappa shape index (κ2) is 5.40. The summed E-state index contributed by atoms with van der Waals surface area (Å²) in [5.41, 5.74) is -2.67. The highest BCUT2D eigenvalue weighted by molar-refractivity contribution is 5.74. The van der Waals surface area contributed by atoms with E-state index in [4.69, 9.17) is 4.74 Å². The Morgan fingerprint density at radius 1 is 1.40 bits per heavy atom. The summed E-state index contributed by atoms with van der Waals surface area (Å²) >= 11 is 0. The number of piperidine rings is 1. The lowest BCUT2D eigenvalue weighted by atomic mass is 9.91. The Morgan fingerprint density at radius 2 is 2.00 bits per heavy atom. The summed E-state index contributed by atoms with van der Waals surface area (Å²) in [5, 5.41) is 12.3. The fraction of sp³-hybridized carbons (Fsp3) is 0.917. The van der Waals surface area contributed by atoms with Crippen LogP contribution in [0, 0.1) is 0 Å². The quantitative estimate of drug-likeness (QED) is 0.766. The average Bonchev–Trinajstić information content (AvgIpc) is 2.74. The fourth-order valence-electron chi connectivity index (χ4n) is 2.53. The summed E-state index contributed by atoms with van der Waals surface area (Å²) < 4.78 is 43.3. The van der Waals surface area contributed by atoms with Crippen LogP contribution in [0.5, 0.6) is 0 Å². The molecule has 2 aliphatic heterocycles. The molecule has 5 nitrogen and oxygen atoms in total. The third kappa shape index (κ3) is 3.01. The van der Waals surface area contributed by atoms with E-state index in [1.165, 1.54) is 4.90 Å². The number of nitrogens with one attached hydrogen (secondary N) is 1. The van der Waals surface area contributed by atoms with E-state index in [0.29, 0.717) is 13.0 Å². The van der Waals surface area contributed by atoms with Crippen molar-refractivity contribution in [3.63, 3.8) is 0 Å². The lowest BCUT2D eigenvalue weighted by Gasteiger charge is -2.39. The second-order valence-corrected chi connectivity index (χ2v) is 5.44. The molecule has 0 aromatic rings. The predicted octanol–water partition coefficient (Wildman–Crippen LogP) is 1.26. The first kappa shape index (κ1) is 15.4. The number of likely N-dealkylation sites (tertiary alicyclic amines) is 1. The first-order chi connectivity index (χ1) is 9.23. The zero-order valence-corrected chi connectivity index (χ0v) is 11.2. The third-order valence-corrected chi connectivity index (χ3v) is 4.09. The number of nitrogens with zero attached hydrogens (tertiary/aromatic N) is 1. The zero-order valence-electron chi connectivity index (χ0n) is 11.2. The van der Waals surface area contributed by atoms with Crippen molar-refractivity contribution in [3.05, 3.63) is 0 Å². The highest BCUT2D eigenvalue weighted by Crippen LogP contribution is 2.38. The summed E-state index contributed by atoms with van der Waals surface area (Å²) in [6.07, 6.45) is -5.01. The van der Waals surface area contributed by atoms with E-state index in [2.05, 4.69) is 5.32 Å². The maximum absolute atomic E-state index is 12.6. The van der Waals surface area contributed by atoms with Gasteiger partial charge in [-0.1, -0.05) is 0 Å². The van der Waals surface area contributed by atoms with Crippen LogP contribution < -0.4 is 5.32 Å². The van der Waals surface area contributed by atoms with Gasteiger partial charge in [-0.05, 0) is 13.3 Å². The van der Waals surface area contributed by atoms with Crippen LogP contribution in [-0.4, -0.2) is 59.7 Å². The van der Waals surface area contributed by atoms with Crippen LogP contribution in [0.3, 0.4) is 0 Å². The Labute approximate surface area is 115 Å². The van der Waals surface area contributed by atoms with Gasteiger partial charge in [0.25, 0.3) is 0 Å². The first-order valence-electron chi connectivity index (χ1n) is 6.69. The minimum Gasteiger partial charge on any atom is -0.380 e. The maximum Gasteiger partial charge on any atom is 0.417 e. The van der Waals surface area contributed by atoms with Gasteiger partial charge in [0.1, 0.15) is 0 Å². The number of rotatable bonds is 1. The van der Waals surface area contributed by atoms with Crippen LogP contribution >= 0.6 is 0 Å². The number of carbonyl (C=O) groups excluding carboxylic acids is 1. The number of ether oxygens (including phenoxy) is 1. The molecule has 0 aliphatic carbocycles. The molecule has 2 rings (SSSR count). The van der Waals surface area contributed by atoms with Crippen molar-refractivity contribution in [2.75, 3.05) is 19.7 Å². The van der Waals surface area contributed by atoms with Crippen LogP contribution in [0.15, 0.2) is 0 Å². The molecule has 2 atom stereocenters. The van der Waals surface area contributed by atoms with Gasteiger partial charge in [0.15, 0.2) is 5.60 Å². The highest BCUT2D eigenvalue weighted by Gasteiger charge is 2.55. The van der Waals surface area contributed by atoms with Crippen LogP contribution in [-0.2, 0) is 4.74 Å². The van der Waals surface area contributed by atoms with Crippen LogP contribution in [0.4, 0.5) is 18.0 Å². The van der Waals surface area contributed by atoms with E-state index in [1.54, 1.807) is 0 Å². The van der Waals surface area contributed by atoms with Gasteiger partial charge in [-0.15, -0.1) is 0 Å². The molecule has 2 amide bonds. The molecular formula is C12H19F3N2O3. The Kier molecular flexibility index (Phi) is 4.15. The van der Waals surface area contributed by atoms with E-state index in [0.717, 1.165) is 0 Å². The number of carbonyl (C=O) groups is 1. The molecule has 2 N–H and O–H groups in total. The Balaban J connectivity index is 1.86. The molecule has 2 heterocycles. The third-order valence-electron chi connectivity index (χ3n) is 4.09. The molecular weight excluding hydrogens is 277 g/mol. The summed E-state index contributed by atoms with van der Waals surface area (Å²) in [6.45, 7) is 2.20. The van der Waals surface area contributed by atoms with Gasteiger partial charge < -0.3 is 20.1 Å². The standard InChI is InChI=1S/C12H19F3N2O3/c1-8-9(2-7-20-8)16-10(18)17-5-3-11(19,4-6-17)12(13,14)15/h8-9,19H,2-7H2,1H3,(H,16,18). The highest BCUT2D eigenvalue weighted by atomic mass is 19.4. The van der Waals surface area contributed by atoms with Crippen LogP contribution in [0.2, 0.25) is 0 Å². The van der Waals surface area contributed by atoms with Gasteiger partial charge in [-0.2, -0.15) is 13.2 Å². The Hall–Kier alpha value is -1.02. The lowest BCUT2D eigenvalue weighted by molar-refractivity contribution is -0.271. The summed E-state index contributed by atoms with van der Waals surface area (Å²) in [5.74, 6) is 0. The van der Waals surface area contributed by atoms with Crippen molar-refractivity contribution in [3.8, 4) is 0 Å². The number of aliphatic hydroxyl groups is 1. The van der Waals surface area contributed by atoms with Crippen molar-refractivity contribution in [1.29, 1.82) is 0 Å². The molecule has 0 bridgehead atoms. The van der Waals surface area contributed by atoms with Crippen molar-refractivity contribution < 1.29 is 27.8 Å². The second-order valence-electron chi connectivity index (χ2n) is 5.44. The van der Waals surface area contributed by atoms with E-state index in [9.17, 15) is 23.1 Å². The number of hydrogen-bond donors (Lipinski definition) is 2. The normalized spacial score (nSPS) is 30.4. The molecule has 0 radical (unpaired) electrons. The van der Waals surface area contributed by atoms with Crippen LogP contribution in [0.25, 0.3) is 0 Å². The SMILES string of the molecule is CC1OCCC1NC(=O)N1CCC(O)(C(F)(F)F)CC1. The number of alkyl halides is 3. The molecule has 20 heavy (non-hydrogen) atoms. The van der Waals surface area contributed by atoms with Gasteiger partial charge >= 0.3 is 12.2 Å². The molecule has 0 spiro atoms. The minimum absolute atomic E-state index is 0.0872. The molecule has 2 unspecified atom stereocenters. The molecule has 116 valence electrons. The minimum atomic E-state index is -4.65. The van der Waals surface area contributed by atoms with Crippen molar-refractivity contribution in [1.82, 2.24) is 10.2 Å². The topological polar surface area (TPSA) is 61.8 Å². The van der Waals surface area contributed by atoms with E-state index in [1.807, 2.05) is 6.92 Å². The summed E-state index contributed by atoms with van der Waals surface area (Å²) in [7, 11) is 0. The van der Waals surface area contributed by atoms with E-state index < -0.39 is 30.7 Å². The molecule has 2 aliphatic rings. The van der Waals surface area contributed by atoms with Gasteiger partial charge in [0.05, 0.1) is 12.1 Å². The Bertz CT molecular complexity index is 367. The molecule has 2 saturated heterocycles. The molecule has 0 aromatic heterocycles. The van der Waals surface area contributed by atoms with Gasteiger partial charge in [0.2, 0.25) is 0 Å². The number of hydrogen-bond acceptors (Lipinski definition) is 3. The van der Waals surface area contributed by atoms with Crippen LogP contribution in [0.1, 0.15) is 26.2 Å². The van der Waals surface area contributed by atoms with Gasteiger partial charge in [-0.3, -0.25) is 0 Å². The Morgan fingerprint density at radius 3 is 2.45 bits per heavy atom. The zero-order chi connectivity index (χ0) is 15.0. The number of halogens is 3. The van der Waals surface area contributed by atoms with Gasteiger partial charge in [0, 0.05) is 32.5 Å². The average molecular weight is 296 g/mol. The van der Waals surface area contributed by atoms with Crippen molar-refractivity contribution in [2.45, 2.75) is 50.1 Å². The van der Waals surface area contributed by atoms with E-state index >= 15 is 0 Å².